The van der Waals surface area contributed by atoms with E-state index in [1.54, 1.807) is 19.5 Å². The van der Waals surface area contributed by atoms with Crippen LogP contribution in [0.5, 0.6) is 5.75 Å². The highest BCUT2D eigenvalue weighted by Gasteiger charge is 2.13. The van der Waals surface area contributed by atoms with E-state index in [2.05, 4.69) is 39.6 Å². The van der Waals surface area contributed by atoms with Crippen molar-refractivity contribution in [3.05, 3.63) is 78.6 Å². The average Bonchev–Trinajstić information content (AvgIpc) is 3.28. The maximum Gasteiger partial charge on any atom is 0.163 e. The molecule has 3 heterocycles. The van der Waals surface area contributed by atoms with E-state index < -0.39 is 0 Å². The highest BCUT2D eigenvalue weighted by Crippen LogP contribution is 2.31. The number of aromatic amines is 1. The summed E-state index contributed by atoms with van der Waals surface area (Å²) in [6.45, 7) is 2.08. The molecule has 5 rings (SSSR count). The molecule has 0 aliphatic rings. The molecule has 0 saturated carbocycles. The van der Waals surface area contributed by atoms with Gasteiger partial charge in [0, 0.05) is 35.0 Å². The number of hydrogen-bond acceptors (Lipinski definition) is 6. The number of benzene rings is 2. The van der Waals surface area contributed by atoms with Crippen LogP contribution in [0.2, 0.25) is 0 Å². The highest BCUT2D eigenvalue weighted by molar-refractivity contribution is 5.93. The van der Waals surface area contributed by atoms with E-state index in [-0.39, 0.29) is 0 Å². The van der Waals surface area contributed by atoms with Crippen molar-refractivity contribution >= 4 is 22.5 Å². The summed E-state index contributed by atoms with van der Waals surface area (Å²) < 4.78 is 5.40. The molecule has 0 fully saturated rings. The summed E-state index contributed by atoms with van der Waals surface area (Å²) in [5.74, 6) is 2.63. The van der Waals surface area contributed by atoms with Gasteiger partial charge in [0.2, 0.25) is 0 Å². The van der Waals surface area contributed by atoms with Crippen LogP contribution in [0.1, 0.15) is 5.56 Å². The van der Waals surface area contributed by atoms with Crippen molar-refractivity contribution in [1.82, 2.24) is 25.1 Å². The predicted molar refractivity (Wildman–Crippen MR) is 121 cm³/mol. The summed E-state index contributed by atoms with van der Waals surface area (Å²) >= 11 is 0. The summed E-state index contributed by atoms with van der Waals surface area (Å²) in [4.78, 5) is 13.7. The SMILES string of the molecule is COc1ccc2nc(-c3cccnc3)nc(Nc3cc(-c4ccccc4C)[nH]n3)c2c1. The minimum atomic E-state index is 0.586. The Morgan fingerprint density at radius 3 is 2.68 bits per heavy atom. The van der Waals surface area contributed by atoms with Crippen molar-refractivity contribution < 1.29 is 4.74 Å². The van der Waals surface area contributed by atoms with Gasteiger partial charge >= 0.3 is 0 Å². The van der Waals surface area contributed by atoms with E-state index in [0.717, 1.165) is 33.5 Å². The maximum atomic E-state index is 5.40. The van der Waals surface area contributed by atoms with Gasteiger partial charge in [-0.2, -0.15) is 5.10 Å². The fourth-order valence-electron chi connectivity index (χ4n) is 3.47. The number of fused-ring (bicyclic) bond motifs is 1. The predicted octanol–water partition coefficient (Wildman–Crippen LogP) is 5.14. The molecule has 3 aromatic heterocycles. The molecule has 152 valence electrons. The molecule has 31 heavy (non-hydrogen) atoms. The van der Waals surface area contributed by atoms with Crippen LogP contribution in [0.15, 0.2) is 73.1 Å². The quantitative estimate of drug-likeness (QED) is 0.418. The fraction of sp³-hybridized carbons (Fsp3) is 0.0833. The number of nitrogens with one attached hydrogen (secondary N) is 2. The number of pyridine rings is 1. The molecular formula is C24H20N6O. The van der Waals surface area contributed by atoms with Crippen molar-refractivity contribution in [3.8, 4) is 28.4 Å². The van der Waals surface area contributed by atoms with Crippen LogP contribution in [-0.2, 0) is 0 Å². The van der Waals surface area contributed by atoms with E-state index >= 15 is 0 Å². The van der Waals surface area contributed by atoms with E-state index in [1.807, 2.05) is 48.5 Å². The number of hydrogen-bond donors (Lipinski definition) is 2. The zero-order chi connectivity index (χ0) is 21.2. The molecule has 0 aliphatic heterocycles. The van der Waals surface area contributed by atoms with Gasteiger partial charge in [0.25, 0.3) is 0 Å². The number of H-pyrrole nitrogens is 1. The van der Waals surface area contributed by atoms with Gasteiger partial charge in [0.05, 0.1) is 18.3 Å². The molecule has 2 N–H and O–H groups in total. The number of anilines is 2. The van der Waals surface area contributed by atoms with Crippen molar-refractivity contribution in [2.45, 2.75) is 6.92 Å². The smallest absolute Gasteiger partial charge is 0.163 e. The van der Waals surface area contributed by atoms with Crippen LogP contribution >= 0.6 is 0 Å². The molecule has 0 saturated heterocycles. The molecule has 0 spiro atoms. The lowest BCUT2D eigenvalue weighted by molar-refractivity contribution is 0.415. The van der Waals surface area contributed by atoms with Crippen LogP contribution in [0.25, 0.3) is 33.5 Å². The Morgan fingerprint density at radius 2 is 1.87 bits per heavy atom. The highest BCUT2D eigenvalue weighted by atomic mass is 16.5. The summed E-state index contributed by atoms with van der Waals surface area (Å²) in [6, 6.07) is 19.7. The Bertz CT molecular complexity index is 1360. The topological polar surface area (TPSA) is 88.6 Å². The zero-order valence-electron chi connectivity index (χ0n) is 17.1. The summed E-state index contributed by atoms with van der Waals surface area (Å²) in [6.07, 6.45) is 3.48. The van der Waals surface area contributed by atoms with Crippen LogP contribution in [0, 0.1) is 6.92 Å². The molecule has 2 aromatic carbocycles. The van der Waals surface area contributed by atoms with Gasteiger partial charge in [0.15, 0.2) is 11.6 Å². The van der Waals surface area contributed by atoms with Gasteiger partial charge in [-0.05, 0) is 42.8 Å². The number of aryl methyl sites for hydroxylation is 1. The lowest BCUT2D eigenvalue weighted by Gasteiger charge is -2.10. The first-order chi connectivity index (χ1) is 15.2. The van der Waals surface area contributed by atoms with Crippen molar-refractivity contribution in [2.75, 3.05) is 12.4 Å². The maximum absolute atomic E-state index is 5.40. The second-order valence-electron chi connectivity index (χ2n) is 7.13. The Labute approximate surface area is 179 Å². The second kappa shape index (κ2) is 7.87. The molecule has 7 heteroatoms. The first-order valence-electron chi connectivity index (χ1n) is 9.86. The van der Waals surface area contributed by atoms with Gasteiger partial charge in [-0.25, -0.2) is 9.97 Å². The van der Waals surface area contributed by atoms with Gasteiger partial charge in [-0.1, -0.05) is 24.3 Å². The molecular weight excluding hydrogens is 388 g/mol. The molecule has 5 aromatic rings. The molecule has 7 nitrogen and oxygen atoms in total. The number of rotatable bonds is 5. The Morgan fingerprint density at radius 1 is 0.968 bits per heavy atom. The van der Waals surface area contributed by atoms with Crippen LogP contribution in [0.3, 0.4) is 0 Å². The van der Waals surface area contributed by atoms with E-state index in [4.69, 9.17) is 14.7 Å². The monoisotopic (exact) mass is 408 g/mol. The minimum absolute atomic E-state index is 0.586. The Balaban J connectivity index is 1.59. The average molecular weight is 408 g/mol. The molecule has 0 radical (unpaired) electrons. The van der Waals surface area contributed by atoms with Crippen LogP contribution < -0.4 is 10.1 Å². The zero-order valence-corrected chi connectivity index (χ0v) is 17.1. The fourth-order valence-corrected chi connectivity index (χ4v) is 3.47. The van der Waals surface area contributed by atoms with Crippen LogP contribution in [0.4, 0.5) is 11.6 Å². The van der Waals surface area contributed by atoms with Gasteiger partial charge < -0.3 is 10.1 Å². The van der Waals surface area contributed by atoms with Gasteiger partial charge in [0.1, 0.15) is 11.6 Å². The first-order valence-corrected chi connectivity index (χ1v) is 9.86. The molecule has 0 amide bonds. The van der Waals surface area contributed by atoms with E-state index in [1.165, 1.54) is 5.56 Å². The Hall–Kier alpha value is -4.26. The lowest BCUT2D eigenvalue weighted by atomic mass is 10.1. The van der Waals surface area contributed by atoms with Crippen molar-refractivity contribution in [1.29, 1.82) is 0 Å². The first kappa shape index (κ1) is 18.7. The number of ether oxygens (including phenoxy) is 1. The molecule has 0 unspecified atom stereocenters. The third-order valence-corrected chi connectivity index (χ3v) is 5.08. The van der Waals surface area contributed by atoms with Gasteiger partial charge in [-0.15, -0.1) is 0 Å². The molecule has 0 bridgehead atoms. The largest absolute Gasteiger partial charge is 0.497 e. The van der Waals surface area contributed by atoms with Crippen molar-refractivity contribution in [2.24, 2.45) is 0 Å². The van der Waals surface area contributed by atoms with Gasteiger partial charge in [-0.3, -0.25) is 10.1 Å². The van der Waals surface area contributed by atoms with Crippen molar-refractivity contribution in [3.63, 3.8) is 0 Å². The summed E-state index contributed by atoms with van der Waals surface area (Å²) in [5, 5.41) is 11.7. The molecule has 0 aliphatic carbocycles. The number of methoxy groups -OCH3 is 1. The third-order valence-electron chi connectivity index (χ3n) is 5.08. The normalized spacial score (nSPS) is 10.9. The third kappa shape index (κ3) is 3.69. The summed E-state index contributed by atoms with van der Waals surface area (Å²) in [7, 11) is 1.64. The van der Waals surface area contributed by atoms with E-state index in [0.29, 0.717) is 17.5 Å². The Kier molecular flexibility index (Phi) is 4.76. The lowest BCUT2D eigenvalue weighted by Crippen LogP contribution is -2.00. The number of aromatic nitrogens is 5. The molecule has 0 atom stereocenters. The number of nitrogens with zero attached hydrogens (tertiary/aromatic N) is 4. The minimum Gasteiger partial charge on any atom is -0.497 e. The second-order valence-corrected chi connectivity index (χ2v) is 7.13. The summed E-state index contributed by atoms with van der Waals surface area (Å²) in [5.41, 5.74) is 4.85. The van der Waals surface area contributed by atoms with E-state index in [9.17, 15) is 0 Å². The van der Waals surface area contributed by atoms with Crippen LogP contribution in [-0.4, -0.2) is 32.3 Å². The standard InChI is InChI=1S/C24H20N6O/c1-15-6-3-4-8-18(15)21-13-22(30-29-21)27-24-19-12-17(31-2)9-10-20(19)26-23(28-24)16-7-5-11-25-14-16/h3-14H,1-2H3,(H2,26,27,28,29,30).